The van der Waals surface area contributed by atoms with Gasteiger partial charge in [0.15, 0.2) is 0 Å². The molecule has 0 amide bonds. The Balaban J connectivity index is 2.66. The Kier molecular flexibility index (Phi) is 2.74. The molecule has 0 aromatic heterocycles. The normalized spacial score (nSPS) is 18.6. The second kappa shape index (κ2) is 3.39. The van der Waals surface area contributed by atoms with E-state index in [1.807, 2.05) is 0 Å². The molecule has 0 unspecified atom stereocenters. The highest BCUT2D eigenvalue weighted by Gasteiger charge is 2.07. The number of hydrogen-bond acceptors (Lipinski definition) is 3. The molecular formula is C7H11NS2. The number of nitrogens with zero attached hydrogens (tertiary/aromatic N) is 1. The van der Waals surface area contributed by atoms with Crippen LogP contribution in [0.4, 0.5) is 0 Å². The Bertz CT molecular complexity index is 172. The minimum Gasteiger partial charge on any atom is -0.381 e. The first-order valence-corrected chi connectivity index (χ1v) is 4.64. The van der Waals surface area contributed by atoms with Gasteiger partial charge in [-0.2, -0.15) is 0 Å². The standard InChI is InChI=1S/C7H11NS2/c1-8(2)6-3-4-10-7(9)5-6/h5H,3-4H2,1-2H3. The first kappa shape index (κ1) is 8.08. The molecule has 1 heterocycles. The van der Waals surface area contributed by atoms with E-state index in [1.165, 1.54) is 5.70 Å². The Morgan fingerprint density at radius 1 is 1.60 bits per heavy atom. The van der Waals surface area contributed by atoms with Gasteiger partial charge in [0.2, 0.25) is 0 Å². The van der Waals surface area contributed by atoms with E-state index in [0.717, 1.165) is 16.4 Å². The monoisotopic (exact) mass is 173 g/mol. The van der Waals surface area contributed by atoms with Crippen molar-refractivity contribution in [2.24, 2.45) is 0 Å². The Labute approximate surface area is 71.5 Å². The zero-order valence-electron chi connectivity index (χ0n) is 6.26. The molecule has 0 saturated heterocycles. The maximum atomic E-state index is 5.06. The molecule has 0 aliphatic carbocycles. The number of hydrogen-bond donors (Lipinski definition) is 0. The van der Waals surface area contributed by atoms with Gasteiger partial charge in [-0.1, -0.05) is 12.2 Å². The molecular weight excluding hydrogens is 162 g/mol. The van der Waals surface area contributed by atoms with E-state index in [-0.39, 0.29) is 0 Å². The van der Waals surface area contributed by atoms with Crippen LogP contribution >= 0.6 is 24.0 Å². The van der Waals surface area contributed by atoms with Crippen molar-refractivity contribution in [3.63, 3.8) is 0 Å². The first-order valence-electron chi connectivity index (χ1n) is 3.25. The molecule has 0 atom stereocenters. The number of thiocarbonyl (C=S) groups is 1. The molecule has 56 valence electrons. The predicted molar refractivity (Wildman–Crippen MR) is 51.4 cm³/mol. The summed E-state index contributed by atoms with van der Waals surface area (Å²) in [7, 11) is 4.12. The maximum Gasteiger partial charge on any atom is 0.0723 e. The number of rotatable bonds is 1. The van der Waals surface area contributed by atoms with Gasteiger partial charge < -0.3 is 4.90 Å². The van der Waals surface area contributed by atoms with Crippen molar-refractivity contribution >= 4 is 28.2 Å². The zero-order valence-corrected chi connectivity index (χ0v) is 7.89. The Morgan fingerprint density at radius 3 is 2.70 bits per heavy atom. The lowest BCUT2D eigenvalue weighted by Crippen LogP contribution is -2.15. The van der Waals surface area contributed by atoms with Crippen molar-refractivity contribution < 1.29 is 0 Å². The highest BCUT2D eigenvalue weighted by molar-refractivity contribution is 8.23. The number of allylic oxidation sites excluding steroid dienone is 1. The second-order valence-corrected chi connectivity index (χ2v) is 4.28. The van der Waals surface area contributed by atoms with Crippen LogP contribution in [0.3, 0.4) is 0 Å². The lowest BCUT2D eigenvalue weighted by molar-refractivity contribution is 0.496. The van der Waals surface area contributed by atoms with Gasteiger partial charge in [0.05, 0.1) is 4.20 Å². The van der Waals surface area contributed by atoms with E-state index in [0.29, 0.717) is 0 Å². The van der Waals surface area contributed by atoms with Gasteiger partial charge in [-0.3, -0.25) is 0 Å². The van der Waals surface area contributed by atoms with Crippen LogP contribution in [-0.2, 0) is 0 Å². The molecule has 0 bridgehead atoms. The van der Waals surface area contributed by atoms with E-state index >= 15 is 0 Å². The van der Waals surface area contributed by atoms with Crippen LogP contribution < -0.4 is 0 Å². The first-order chi connectivity index (χ1) is 4.70. The zero-order chi connectivity index (χ0) is 7.56. The predicted octanol–water partition coefficient (Wildman–Crippen LogP) is 1.90. The summed E-state index contributed by atoms with van der Waals surface area (Å²) in [5, 5.41) is 0. The van der Waals surface area contributed by atoms with Gasteiger partial charge in [0, 0.05) is 25.5 Å². The van der Waals surface area contributed by atoms with Crippen LogP contribution in [0.2, 0.25) is 0 Å². The van der Waals surface area contributed by atoms with Crippen LogP contribution in [0, 0.1) is 0 Å². The molecule has 3 heteroatoms. The molecule has 0 aromatic carbocycles. The molecule has 1 aliphatic heterocycles. The van der Waals surface area contributed by atoms with Crippen LogP contribution in [0.5, 0.6) is 0 Å². The fraction of sp³-hybridized carbons (Fsp3) is 0.571. The lowest BCUT2D eigenvalue weighted by Gasteiger charge is -2.20. The van der Waals surface area contributed by atoms with Gasteiger partial charge >= 0.3 is 0 Å². The van der Waals surface area contributed by atoms with Gasteiger partial charge in [-0.05, 0) is 12.5 Å². The van der Waals surface area contributed by atoms with Gasteiger partial charge in [0.1, 0.15) is 0 Å². The molecule has 0 N–H and O–H groups in total. The largest absolute Gasteiger partial charge is 0.381 e. The SMILES string of the molecule is CN(C)C1=CC(=S)SCC1. The van der Waals surface area contributed by atoms with Crippen molar-refractivity contribution in [2.75, 3.05) is 19.8 Å². The molecule has 1 aliphatic rings. The fourth-order valence-corrected chi connectivity index (χ4v) is 1.98. The van der Waals surface area contributed by atoms with E-state index in [9.17, 15) is 0 Å². The fourth-order valence-electron chi connectivity index (χ4n) is 0.859. The van der Waals surface area contributed by atoms with Crippen molar-refractivity contribution in [1.82, 2.24) is 4.90 Å². The average Bonchev–Trinajstić information content (AvgIpc) is 1.88. The summed E-state index contributed by atoms with van der Waals surface area (Å²) in [6.07, 6.45) is 3.24. The quantitative estimate of drug-likeness (QED) is 0.558. The third-order valence-corrected chi connectivity index (χ3v) is 2.74. The van der Waals surface area contributed by atoms with Crippen molar-refractivity contribution in [3.8, 4) is 0 Å². The second-order valence-electron chi connectivity index (χ2n) is 2.45. The maximum absolute atomic E-state index is 5.06. The van der Waals surface area contributed by atoms with E-state index in [2.05, 4.69) is 25.1 Å². The summed E-state index contributed by atoms with van der Waals surface area (Å²) >= 11 is 6.83. The van der Waals surface area contributed by atoms with Gasteiger partial charge in [0.25, 0.3) is 0 Å². The van der Waals surface area contributed by atoms with Crippen LogP contribution in [0.1, 0.15) is 6.42 Å². The topological polar surface area (TPSA) is 3.24 Å². The molecule has 0 saturated carbocycles. The summed E-state index contributed by atoms with van der Waals surface area (Å²) in [6, 6.07) is 0. The highest BCUT2D eigenvalue weighted by Crippen LogP contribution is 2.20. The van der Waals surface area contributed by atoms with E-state index in [1.54, 1.807) is 11.8 Å². The van der Waals surface area contributed by atoms with Crippen LogP contribution in [0.15, 0.2) is 11.8 Å². The summed E-state index contributed by atoms with van der Waals surface area (Å²) in [5.74, 6) is 1.14. The molecule has 1 nitrogen and oxygen atoms in total. The molecule has 1 rings (SSSR count). The summed E-state index contributed by atoms with van der Waals surface area (Å²) in [6.45, 7) is 0. The minimum absolute atomic E-state index is 1.02. The van der Waals surface area contributed by atoms with Gasteiger partial charge in [-0.25, -0.2) is 0 Å². The van der Waals surface area contributed by atoms with Crippen LogP contribution in [-0.4, -0.2) is 28.9 Å². The smallest absolute Gasteiger partial charge is 0.0723 e. The average molecular weight is 173 g/mol. The van der Waals surface area contributed by atoms with E-state index < -0.39 is 0 Å². The summed E-state index contributed by atoms with van der Waals surface area (Å²) in [5.41, 5.74) is 1.35. The lowest BCUT2D eigenvalue weighted by atomic mass is 10.3. The van der Waals surface area contributed by atoms with Crippen molar-refractivity contribution in [3.05, 3.63) is 11.8 Å². The van der Waals surface area contributed by atoms with Crippen molar-refractivity contribution in [1.29, 1.82) is 0 Å². The minimum atomic E-state index is 1.02. The van der Waals surface area contributed by atoms with Crippen LogP contribution in [0.25, 0.3) is 0 Å². The molecule has 0 aromatic rings. The molecule has 0 fully saturated rings. The highest BCUT2D eigenvalue weighted by atomic mass is 32.2. The molecule has 0 radical (unpaired) electrons. The third kappa shape index (κ3) is 1.99. The Morgan fingerprint density at radius 2 is 2.30 bits per heavy atom. The molecule has 10 heavy (non-hydrogen) atoms. The summed E-state index contributed by atoms with van der Waals surface area (Å²) in [4.78, 5) is 2.13. The third-order valence-electron chi connectivity index (χ3n) is 1.46. The van der Waals surface area contributed by atoms with Crippen molar-refractivity contribution in [2.45, 2.75) is 6.42 Å². The number of thioether (sulfide) groups is 1. The Hall–Kier alpha value is -0.0200. The van der Waals surface area contributed by atoms with E-state index in [4.69, 9.17) is 12.2 Å². The van der Waals surface area contributed by atoms with Gasteiger partial charge in [-0.15, -0.1) is 11.8 Å². The molecule has 0 spiro atoms. The summed E-state index contributed by atoms with van der Waals surface area (Å²) < 4.78 is 1.02.